The number of nitrogens with zero attached hydrogens (tertiary/aromatic N) is 4. The number of amides is 2. The first-order chi connectivity index (χ1) is 21.8. The maximum absolute atomic E-state index is 12.8. The fraction of sp³-hybridized carbons (Fsp3) is 0.500. The topological polar surface area (TPSA) is 116 Å². The van der Waals surface area contributed by atoms with Gasteiger partial charge in [-0.25, -0.2) is 14.6 Å². The molecule has 46 heavy (non-hydrogen) atoms. The van der Waals surface area contributed by atoms with Crippen molar-refractivity contribution in [2.45, 2.75) is 103 Å². The van der Waals surface area contributed by atoms with Crippen LogP contribution in [0.25, 0.3) is 16.8 Å². The summed E-state index contributed by atoms with van der Waals surface area (Å²) in [5.74, 6) is 1.02. The lowest BCUT2D eigenvalue weighted by Crippen LogP contribution is -2.36. The van der Waals surface area contributed by atoms with Crippen LogP contribution in [0.15, 0.2) is 54.8 Å². The summed E-state index contributed by atoms with van der Waals surface area (Å²) in [4.78, 5) is 37.3. The van der Waals surface area contributed by atoms with Crippen LogP contribution in [0.5, 0.6) is 0 Å². The molecule has 2 saturated heterocycles. The van der Waals surface area contributed by atoms with Crippen molar-refractivity contribution in [2.75, 3.05) is 13.1 Å². The molecule has 0 spiro atoms. The Labute approximate surface area is 271 Å². The van der Waals surface area contributed by atoms with E-state index in [-0.39, 0.29) is 30.2 Å². The number of aromatic amines is 2. The van der Waals surface area contributed by atoms with E-state index in [0.717, 1.165) is 66.1 Å². The van der Waals surface area contributed by atoms with Crippen LogP contribution >= 0.6 is 0 Å². The number of carbonyl (C=O) groups excluding carboxylic acids is 2. The Kier molecular flexibility index (Phi) is 8.56. The summed E-state index contributed by atoms with van der Waals surface area (Å²) in [5, 5.41) is 7.75. The van der Waals surface area contributed by atoms with Crippen LogP contribution in [0, 0.1) is 0 Å². The van der Waals surface area contributed by atoms with Gasteiger partial charge in [0.2, 0.25) is 0 Å². The molecule has 10 nitrogen and oxygen atoms in total. The summed E-state index contributed by atoms with van der Waals surface area (Å²) in [5.41, 5.74) is 5.12. The predicted molar refractivity (Wildman–Crippen MR) is 177 cm³/mol. The molecule has 2 aromatic heterocycles. The van der Waals surface area contributed by atoms with Gasteiger partial charge in [-0.15, -0.1) is 0 Å². The summed E-state index contributed by atoms with van der Waals surface area (Å²) in [6, 6.07) is 10.3. The lowest BCUT2D eigenvalue weighted by atomic mass is 9.91. The molecule has 1 aromatic carbocycles. The van der Waals surface area contributed by atoms with E-state index in [2.05, 4.69) is 62.7 Å². The summed E-state index contributed by atoms with van der Waals surface area (Å²) < 4.78 is 11.3. The first-order valence-corrected chi connectivity index (χ1v) is 16.4. The van der Waals surface area contributed by atoms with Crippen LogP contribution < -0.4 is 0 Å². The summed E-state index contributed by atoms with van der Waals surface area (Å²) in [6.45, 7) is 12.7. The molecule has 1 unspecified atom stereocenters. The maximum Gasteiger partial charge on any atom is 0.410 e. The van der Waals surface area contributed by atoms with Crippen LogP contribution in [0.1, 0.15) is 114 Å². The third-order valence-corrected chi connectivity index (χ3v) is 8.66. The van der Waals surface area contributed by atoms with Gasteiger partial charge in [-0.05, 0) is 90.8 Å². The molecule has 3 atom stereocenters. The molecular weight excluding hydrogens is 580 g/mol. The van der Waals surface area contributed by atoms with E-state index < -0.39 is 11.2 Å². The predicted octanol–water partition coefficient (Wildman–Crippen LogP) is 8.07. The number of hydrogen-bond acceptors (Lipinski definition) is 6. The van der Waals surface area contributed by atoms with Gasteiger partial charge in [-0.1, -0.05) is 42.5 Å². The van der Waals surface area contributed by atoms with Crippen molar-refractivity contribution in [2.24, 2.45) is 0 Å². The van der Waals surface area contributed by atoms with E-state index in [4.69, 9.17) is 9.47 Å². The van der Waals surface area contributed by atoms with Crippen LogP contribution in [0.4, 0.5) is 9.59 Å². The van der Waals surface area contributed by atoms with Gasteiger partial charge in [0.15, 0.2) is 0 Å². The highest BCUT2D eigenvalue weighted by Gasteiger charge is 2.36. The molecule has 0 bridgehead atoms. The van der Waals surface area contributed by atoms with Gasteiger partial charge in [0, 0.05) is 36.5 Å². The van der Waals surface area contributed by atoms with E-state index in [1.807, 2.05) is 53.8 Å². The van der Waals surface area contributed by atoms with E-state index in [0.29, 0.717) is 13.1 Å². The molecule has 3 aliphatic rings. The van der Waals surface area contributed by atoms with Gasteiger partial charge in [-0.3, -0.25) is 14.9 Å². The normalized spacial score (nSPS) is 21.9. The van der Waals surface area contributed by atoms with Crippen molar-refractivity contribution in [3.05, 3.63) is 77.5 Å². The van der Waals surface area contributed by atoms with Crippen LogP contribution in [-0.2, 0) is 9.47 Å². The van der Waals surface area contributed by atoms with Crippen molar-refractivity contribution >= 4 is 17.8 Å². The molecule has 2 aliphatic heterocycles. The third kappa shape index (κ3) is 7.06. The number of imidazole rings is 1. The largest absolute Gasteiger partial charge is 0.444 e. The molecule has 10 heteroatoms. The second-order valence-corrected chi connectivity index (χ2v) is 14.5. The minimum Gasteiger partial charge on any atom is -0.444 e. The number of H-pyrrole nitrogens is 2. The van der Waals surface area contributed by atoms with Gasteiger partial charge in [0.05, 0.1) is 23.5 Å². The third-order valence-electron chi connectivity index (χ3n) is 8.66. The summed E-state index contributed by atoms with van der Waals surface area (Å²) in [7, 11) is 0. The van der Waals surface area contributed by atoms with Gasteiger partial charge in [0.1, 0.15) is 17.0 Å². The average Bonchev–Trinajstić information content (AvgIpc) is 3.82. The number of ether oxygens (including phenoxy) is 2. The molecule has 3 aromatic rings. The second-order valence-electron chi connectivity index (χ2n) is 14.5. The SMILES string of the molecule is CC(C)(C)OC(=O)N1CCC[C@H]1c1cc(-c2ccc(C3=CCC(c4cnc([C@@H]5CCCN5C(=O)OC(C)(C)C)[nH]4)C=C3)cc2)n[nH]1. The summed E-state index contributed by atoms with van der Waals surface area (Å²) in [6.07, 6.45) is 12.5. The number of benzene rings is 1. The first-order valence-electron chi connectivity index (χ1n) is 16.4. The zero-order valence-corrected chi connectivity index (χ0v) is 27.8. The number of rotatable bonds is 5. The Morgan fingerprint density at radius 2 is 1.46 bits per heavy atom. The highest BCUT2D eigenvalue weighted by molar-refractivity contribution is 5.77. The number of carbonyl (C=O) groups is 2. The minimum absolute atomic E-state index is 0.0612. The molecule has 2 fully saturated rings. The Morgan fingerprint density at radius 3 is 2.07 bits per heavy atom. The Bertz CT molecular complexity index is 1620. The van der Waals surface area contributed by atoms with Crippen molar-refractivity contribution < 1.29 is 19.1 Å². The van der Waals surface area contributed by atoms with Gasteiger partial charge in [-0.2, -0.15) is 5.10 Å². The molecule has 2 N–H and O–H groups in total. The Balaban J connectivity index is 1.07. The fourth-order valence-corrected chi connectivity index (χ4v) is 6.48. The van der Waals surface area contributed by atoms with Crippen molar-refractivity contribution in [1.29, 1.82) is 0 Å². The molecule has 6 rings (SSSR count). The zero-order chi connectivity index (χ0) is 32.6. The number of aromatic nitrogens is 4. The van der Waals surface area contributed by atoms with E-state index in [1.165, 1.54) is 5.57 Å². The summed E-state index contributed by atoms with van der Waals surface area (Å²) >= 11 is 0. The quantitative estimate of drug-likeness (QED) is 0.296. The second kappa shape index (κ2) is 12.5. The maximum atomic E-state index is 12.8. The Morgan fingerprint density at radius 1 is 0.848 bits per heavy atom. The molecule has 4 heterocycles. The van der Waals surface area contributed by atoms with Crippen molar-refractivity contribution in [3.8, 4) is 11.3 Å². The fourth-order valence-electron chi connectivity index (χ4n) is 6.48. The molecule has 244 valence electrons. The lowest BCUT2D eigenvalue weighted by molar-refractivity contribution is 0.0209. The number of likely N-dealkylation sites (tertiary alicyclic amines) is 2. The van der Waals surface area contributed by atoms with E-state index in [9.17, 15) is 9.59 Å². The van der Waals surface area contributed by atoms with Crippen molar-refractivity contribution in [3.63, 3.8) is 0 Å². The standard InChI is InChI=1S/C36H46N6O4/c1-35(2,3)45-33(43)41-19-7-9-30(41)28-21-27(39-40-28)25-15-11-23(12-16-25)24-13-17-26(18-14-24)29-22-37-32(38-29)31-10-8-20-42(31)34(44)46-36(4,5)6/h11-17,21-22,26,30-31H,7-10,18-20H2,1-6H3,(H,37,38)(H,39,40)/t26?,30-,31-/m0/s1. The smallest absolute Gasteiger partial charge is 0.410 e. The van der Waals surface area contributed by atoms with Gasteiger partial charge >= 0.3 is 12.2 Å². The molecule has 2 amide bonds. The van der Waals surface area contributed by atoms with Crippen LogP contribution in [-0.4, -0.2) is 66.4 Å². The highest BCUT2D eigenvalue weighted by Crippen LogP contribution is 2.36. The first kappa shape index (κ1) is 31.6. The van der Waals surface area contributed by atoms with Crippen LogP contribution in [0.3, 0.4) is 0 Å². The van der Waals surface area contributed by atoms with E-state index >= 15 is 0 Å². The number of nitrogens with one attached hydrogen (secondary N) is 2. The van der Waals surface area contributed by atoms with Gasteiger partial charge < -0.3 is 14.5 Å². The number of allylic oxidation sites excluding steroid dienone is 4. The molecule has 0 saturated carbocycles. The monoisotopic (exact) mass is 626 g/mol. The average molecular weight is 627 g/mol. The highest BCUT2D eigenvalue weighted by atomic mass is 16.6. The lowest BCUT2D eigenvalue weighted by Gasteiger charge is -2.28. The molecular formula is C36H46N6O4. The Hall–Kier alpha value is -4.34. The number of hydrogen-bond donors (Lipinski definition) is 2. The van der Waals surface area contributed by atoms with Crippen molar-refractivity contribution in [1.82, 2.24) is 30.0 Å². The van der Waals surface area contributed by atoms with E-state index in [1.54, 1.807) is 9.80 Å². The van der Waals surface area contributed by atoms with Crippen LogP contribution in [0.2, 0.25) is 0 Å². The molecule has 1 aliphatic carbocycles. The minimum atomic E-state index is -0.528. The molecule has 0 radical (unpaired) electrons. The van der Waals surface area contributed by atoms with Gasteiger partial charge in [0.25, 0.3) is 0 Å². The zero-order valence-electron chi connectivity index (χ0n) is 27.8.